The van der Waals surface area contributed by atoms with Gasteiger partial charge >= 0.3 is 5.97 Å². The van der Waals surface area contributed by atoms with Gasteiger partial charge in [-0.2, -0.15) is 0 Å². The minimum absolute atomic E-state index is 0.181. The number of benzene rings is 1. The van der Waals surface area contributed by atoms with Crippen LogP contribution in [0.5, 0.6) is 0 Å². The van der Waals surface area contributed by atoms with Gasteiger partial charge in [-0.05, 0) is 18.4 Å². The van der Waals surface area contributed by atoms with Gasteiger partial charge in [0.2, 0.25) is 0 Å². The predicted octanol–water partition coefficient (Wildman–Crippen LogP) is 4.19. The van der Waals surface area contributed by atoms with Gasteiger partial charge in [-0.25, -0.2) is 0 Å². The average Bonchev–Trinajstić information content (AvgIpc) is 2.42. The molecule has 0 amide bonds. The number of ether oxygens (including phenoxy) is 1. The van der Waals surface area contributed by atoms with Gasteiger partial charge in [-0.1, -0.05) is 56.0 Å². The number of aliphatic carboxylic acids is 1. The number of rotatable bonds is 10. The Morgan fingerprint density at radius 2 is 1.74 bits per heavy atom. The third-order valence-corrected chi connectivity index (χ3v) is 3.31. The fourth-order valence-corrected chi connectivity index (χ4v) is 2.22. The number of hydrogen-bond acceptors (Lipinski definition) is 2. The van der Waals surface area contributed by atoms with E-state index in [9.17, 15) is 4.79 Å². The Labute approximate surface area is 115 Å². The van der Waals surface area contributed by atoms with Gasteiger partial charge in [-0.15, -0.1) is 0 Å². The van der Waals surface area contributed by atoms with Gasteiger partial charge in [0.15, 0.2) is 0 Å². The maximum atomic E-state index is 10.4. The topological polar surface area (TPSA) is 46.5 Å². The van der Waals surface area contributed by atoms with Crippen LogP contribution in [-0.4, -0.2) is 18.2 Å². The van der Waals surface area contributed by atoms with E-state index in [4.69, 9.17) is 9.84 Å². The van der Waals surface area contributed by atoms with Crippen molar-refractivity contribution in [2.45, 2.75) is 51.0 Å². The molecular formula is C16H24O3. The molecule has 106 valence electrons. The Balaban J connectivity index is 2.12. The van der Waals surface area contributed by atoms with Gasteiger partial charge in [-0.3, -0.25) is 4.79 Å². The number of methoxy groups -OCH3 is 1. The summed E-state index contributed by atoms with van der Waals surface area (Å²) < 4.78 is 5.52. The third kappa shape index (κ3) is 6.97. The van der Waals surface area contributed by atoms with Crippen molar-refractivity contribution in [2.75, 3.05) is 7.11 Å². The highest BCUT2D eigenvalue weighted by atomic mass is 16.5. The van der Waals surface area contributed by atoms with E-state index in [0.29, 0.717) is 6.42 Å². The van der Waals surface area contributed by atoms with Crippen LogP contribution in [0.2, 0.25) is 0 Å². The van der Waals surface area contributed by atoms with Crippen molar-refractivity contribution in [3.8, 4) is 0 Å². The molecule has 0 bridgehead atoms. The normalized spacial score (nSPS) is 12.3. The molecule has 0 aromatic heterocycles. The highest BCUT2D eigenvalue weighted by molar-refractivity contribution is 5.66. The summed E-state index contributed by atoms with van der Waals surface area (Å²) in [7, 11) is 1.75. The Bertz CT molecular complexity index is 348. The monoisotopic (exact) mass is 264 g/mol. The standard InChI is InChI=1S/C16H24O3/c1-19-15(14-10-6-5-7-11-14)12-8-3-2-4-9-13-16(17)18/h5-7,10-11,15H,2-4,8-9,12-13H2,1H3,(H,17,18). The van der Waals surface area contributed by atoms with Crippen LogP contribution < -0.4 is 0 Å². The molecule has 1 unspecified atom stereocenters. The Morgan fingerprint density at radius 1 is 1.11 bits per heavy atom. The second-order valence-electron chi connectivity index (χ2n) is 4.84. The first-order valence-electron chi connectivity index (χ1n) is 7.03. The zero-order chi connectivity index (χ0) is 13.9. The fraction of sp³-hybridized carbons (Fsp3) is 0.562. The smallest absolute Gasteiger partial charge is 0.303 e. The lowest BCUT2D eigenvalue weighted by Crippen LogP contribution is -2.01. The molecule has 0 heterocycles. The van der Waals surface area contributed by atoms with Crippen LogP contribution in [0.3, 0.4) is 0 Å². The lowest BCUT2D eigenvalue weighted by atomic mass is 10.0. The Kier molecular flexibility index (Phi) is 7.91. The number of carbonyl (C=O) groups is 1. The fourth-order valence-electron chi connectivity index (χ4n) is 2.22. The molecule has 19 heavy (non-hydrogen) atoms. The van der Waals surface area contributed by atoms with E-state index in [1.165, 1.54) is 5.56 Å². The Hall–Kier alpha value is -1.35. The summed E-state index contributed by atoms with van der Waals surface area (Å²) in [6.07, 6.45) is 6.69. The minimum atomic E-state index is -0.691. The molecule has 0 fully saturated rings. The molecule has 0 spiro atoms. The summed E-state index contributed by atoms with van der Waals surface area (Å²) in [5.41, 5.74) is 1.23. The van der Waals surface area contributed by atoms with Crippen LogP contribution in [0.15, 0.2) is 30.3 Å². The van der Waals surface area contributed by atoms with E-state index in [0.717, 1.165) is 38.5 Å². The zero-order valence-electron chi connectivity index (χ0n) is 11.7. The minimum Gasteiger partial charge on any atom is -0.481 e. The molecule has 1 aromatic rings. The van der Waals surface area contributed by atoms with Gasteiger partial charge in [0.1, 0.15) is 0 Å². The molecule has 0 radical (unpaired) electrons. The second-order valence-corrected chi connectivity index (χ2v) is 4.84. The molecule has 0 aliphatic rings. The molecule has 1 N–H and O–H groups in total. The molecule has 0 saturated heterocycles. The van der Waals surface area contributed by atoms with Crippen LogP contribution in [-0.2, 0) is 9.53 Å². The number of carboxylic acid groups (broad SMARTS) is 1. The highest BCUT2D eigenvalue weighted by Crippen LogP contribution is 2.23. The molecule has 1 atom stereocenters. The molecule has 0 aliphatic heterocycles. The van der Waals surface area contributed by atoms with Crippen molar-refractivity contribution in [2.24, 2.45) is 0 Å². The lowest BCUT2D eigenvalue weighted by molar-refractivity contribution is -0.137. The van der Waals surface area contributed by atoms with Gasteiger partial charge in [0.05, 0.1) is 6.10 Å². The van der Waals surface area contributed by atoms with E-state index in [-0.39, 0.29) is 6.10 Å². The van der Waals surface area contributed by atoms with E-state index in [1.54, 1.807) is 7.11 Å². The maximum absolute atomic E-state index is 10.4. The van der Waals surface area contributed by atoms with E-state index < -0.39 is 5.97 Å². The quantitative estimate of drug-likeness (QED) is 0.644. The van der Waals surface area contributed by atoms with E-state index in [1.807, 2.05) is 18.2 Å². The third-order valence-electron chi connectivity index (χ3n) is 3.31. The zero-order valence-corrected chi connectivity index (χ0v) is 11.7. The van der Waals surface area contributed by atoms with Crippen LogP contribution in [0.25, 0.3) is 0 Å². The van der Waals surface area contributed by atoms with Crippen molar-refractivity contribution in [3.63, 3.8) is 0 Å². The predicted molar refractivity (Wildman–Crippen MR) is 76.1 cm³/mol. The van der Waals surface area contributed by atoms with Gasteiger partial charge in [0, 0.05) is 13.5 Å². The summed E-state index contributed by atoms with van der Waals surface area (Å²) in [6.45, 7) is 0. The number of carboxylic acids is 1. The molecule has 1 rings (SSSR count). The van der Waals surface area contributed by atoms with E-state index >= 15 is 0 Å². The first-order chi connectivity index (χ1) is 9.24. The van der Waals surface area contributed by atoms with Crippen molar-refractivity contribution < 1.29 is 14.6 Å². The Morgan fingerprint density at radius 3 is 2.37 bits per heavy atom. The summed E-state index contributed by atoms with van der Waals surface area (Å²) in [6, 6.07) is 10.3. The van der Waals surface area contributed by atoms with Crippen LogP contribution >= 0.6 is 0 Å². The van der Waals surface area contributed by atoms with Crippen LogP contribution in [0.4, 0.5) is 0 Å². The van der Waals surface area contributed by atoms with Crippen molar-refractivity contribution in [1.82, 2.24) is 0 Å². The summed E-state index contributed by atoms with van der Waals surface area (Å²) in [4.78, 5) is 10.4. The van der Waals surface area contributed by atoms with Crippen molar-refractivity contribution in [3.05, 3.63) is 35.9 Å². The molecule has 1 aromatic carbocycles. The van der Waals surface area contributed by atoms with Crippen molar-refractivity contribution in [1.29, 1.82) is 0 Å². The summed E-state index contributed by atoms with van der Waals surface area (Å²) >= 11 is 0. The van der Waals surface area contributed by atoms with Crippen LogP contribution in [0, 0.1) is 0 Å². The number of hydrogen-bond donors (Lipinski definition) is 1. The first-order valence-corrected chi connectivity index (χ1v) is 7.03. The molecule has 0 aliphatic carbocycles. The molecule has 3 heteroatoms. The van der Waals surface area contributed by atoms with Crippen LogP contribution in [0.1, 0.15) is 56.6 Å². The van der Waals surface area contributed by atoms with Gasteiger partial charge in [0.25, 0.3) is 0 Å². The SMILES string of the molecule is COC(CCCCCCCC(=O)O)c1ccccc1. The molecular weight excluding hydrogens is 240 g/mol. The highest BCUT2D eigenvalue weighted by Gasteiger charge is 2.08. The summed E-state index contributed by atoms with van der Waals surface area (Å²) in [5.74, 6) is -0.691. The largest absolute Gasteiger partial charge is 0.481 e. The average molecular weight is 264 g/mol. The first kappa shape index (κ1) is 15.7. The molecule has 0 saturated carbocycles. The van der Waals surface area contributed by atoms with Gasteiger partial charge < -0.3 is 9.84 Å². The second kappa shape index (κ2) is 9.56. The lowest BCUT2D eigenvalue weighted by Gasteiger charge is -2.15. The van der Waals surface area contributed by atoms with Crippen molar-refractivity contribution >= 4 is 5.97 Å². The molecule has 3 nitrogen and oxygen atoms in total. The number of unbranched alkanes of at least 4 members (excludes halogenated alkanes) is 4. The van der Waals surface area contributed by atoms with E-state index in [2.05, 4.69) is 12.1 Å². The summed E-state index contributed by atoms with van der Waals surface area (Å²) in [5, 5.41) is 8.53. The maximum Gasteiger partial charge on any atom is 0.303 e.